The molecular formula is C12H22N2O4. The van der Waals surface area contributed by atoms with Gasteiger partial charge in [0.1, 0.15) is 5.60 Å². The van der Waals surface area contributed by atoms with Crippen LogP contribution >= 0.6 is 0 Å². The average molecular weight is 258 g/mol. The first kappa shape index (κ1) is 14.8. The summed E-state index contributed by atoms with van der Waals surface area (Å²) >= 11 is 0. The Bertz CT molecular complexity index is 325. The molecule has 0 spiro atoms. The number of ether oxygens (including phenoxy) is 1. The van der Waals surface area contributed by atoms with Gasteiger partial charge in [0.15, 0.2) is 0 Å². The number of alkyl carbamates (subject to hydrolysis) is 1. The molecule has 0 unspecified atom stereocenters. The van der Waals surface area contributed by atoms with Gasteiger partial charge in [-0.3, -0.25) is 4.79 Å². The highest BCUT2D eigenvalue weighted by molar-refractivity contribution is 5.76. The first-order chi connectivity index (χ1) is 8.19. The Morgan fingerprint density at radius 2 is 1.94 bits per heavy atom. The molecule has 0 aromatic rings. The van der Waals surface area contributed by atoms with E-state index in [1.54, 1.807) is 20.8 Å². The van der Waals surface area contributed by atoms with E-state index >= 15 is 0 Å². The largest absolute Gasteiger partial charge is 0.444 e. The van der Waals surface area contributed by atoms with E-state index in [0.717, 1.165) is 0 Å². The van der Waals surface area contributed by atoms with Crippen LogP contribution in [-0.2, 0) is 9.53 Å². The van der Waals surface area contributed by atoms with Gasteiger partial charge in [-0.05, 0) is 40.0 Å². The standard InChI is InChI=1S/C12H22N2O4/c1-12(2,3)18-11(17)14-8-5-4-7(10(13)16)6-9(8)15/h7-9,15H,4-6H2,1-3H3,(H2,13,16)(H,14,17)/t7-,8-,9-/m1/s1. The Morgan fingerprint density at radius 1 is 1.33 bits per heavy atom. The molecule has 0 saturated heterocycles. The van der Waals surface area contributed by atoms with E-state index in [1.165, 1.54) is 0 Å². The molecule has 1 aliphatic rings. The summed E-state index contributed by atoms with van der Waals surface area (Å²) in [6, 6.07) is -0.379. The van der Waals surface area contributed by atoms with Gasteiger partial charge in [-0.15, -0.1) is 0 Å². The fraction of sp³-hybridized carbons (Fsp3) is 0.833. The van der Waals surface area contributed by atoms with Crippen LogP contribution in [0.5, 0.6) is 0 Å². The lowest BCUT2D eigenvalue weighted by Gasteiger charge is -2.32. The lowest BCUT2D eigenvalue weighted by molar-refractivity contribution is -0.124. The van der Waals surface area contributed by atoms with Crippen molar-refractivity contribution in [1.82, 2.24) is 5.32 Å². The molecule has 1 rings (SSSR count). The second kappa shape index (κ2) is 5.56. The van der Waals surface area contributed by atoms with E-state index in [9.17, 15) is 14.7 Å². The predicted molar refractivity (Wildman–Crippen MR) is 65.7 cm³/mol. The summed E-state index contributed by atoms with van der Waals surface area (Å²) in [5.74, 6) is -0.707. The zero-order chi connectivity index (χ0) is 13.9. The first-order valence-electron chi connectivity index (χ1n) is 6.16. The SMILES string of the molecule is CC(C)(C)OC(=O)N[C@@H]1CC[C@@H](C(N)=O)C[C@H]1O. The van der Waals surface area contributed by atoms with Gasteiger partial charge in [0.05, 0.1) is 12.1 Å². The van der Waals surface area contributed by atoms with E-state index in [2.05, 4.69) is 5.32 Å². The smallest absolute Gasteiger partial charge is 0.407 e. The van der Waals surface area contributed by atoms with E-state index < -0.39 is 23.7 Å². The minimum atomic E-state index is -0.760. The van der Waals surface area contributed by atoms with E-state index in [4.69, 9.17) is 10.5 Å². The van der Waals surface area contributed by atoms with E-state index in [-0.39, 0.29) is 18.4 Å². The lowest BCUT2D eigenvalue weighted by Crippen LogP contribution is -2.49. The van der Waals surface area contributed by atoms with Crippen molar-refractivity contribution < 1.29 is 19.4 Å². The van der Waals surface area contributed by atoms with Gasteiger partial charge in [0.25, 0.3) is 0 Å². The molecule has 3 atom stereocenters. The number of nitrogens with two attached hydrogens (primary N) is 1. The topological polar surface area (TPSA) is 102 Å². The molecule has 6 nitrogen and oxygen atoms in total. The number of aliphatic hydroxyl groups is 1. The molecule has 104 valence electrons. The van der Waals surface area contributed by atoms with Gasteiger partial charge in [0.2, 0.25) is 5.91 Å². The first-order valence-corrected chi connectivity index (χ1v) is 6.16. The van der Waals surface area contributed by atoms with Crippen molar-refractivity contribution in [2.75, 3.05) is 0 Å². The van der Waals surface area contributed by atoms with Crippen molar-refractivity contribution in [3.63, 3.8) is 0 Å². The Kier molecular flexibility index (Phi) is 4.56. The molecule has 1 aliphatic carbocycles. The quantitative estimate of drug-likeness (QED) is 0.672. The Balaban J connectivity index is 2.45. The Hall–Kier alpha value is -1.30. The van der Waals surface area contributed by atoms with Crippen molar-refractivity contribution in [1.29, 1.82) is 0 Å². The number of primary amides is 1. The molecule has 4 N–H and O–H groups in total. The van der Waals surface area contributed by atoms with E-state index in [1.807, 2.05) is 0 Å². The fourth-order valence-corrected chi connectivity index (χ4v) is 2.03. The minimum absolute atomic E-state index is 0.287. The van der Waals surface area contributed by atoms with E-state index in [0.29, 0.717) is 12.8 Å². The average Bonchev–Trinajstić information content (AvgIpc) is 2.17. The molecule has 1 fully saturated rings. The van der Waals surface area contributed by atoms with Crippen LogP contribution in [-0.4, -0.2) is 34.9 Å². The summed E-state index contributed by atoms with van der Waals surface area (Å²) in [5.41, 5.74) is 4.63. The second-order valence-corrected chi connectivity index (χ2v) is 5.73. The van der Waals surface area contributed by atoms with Crippen LogP contribution in [0.1, 0.15) is 40.0 Å². The zero-order valence-corrected chi connectivity index (χ0v) is 11.1. The number of carbonyl (C=O) groups excluding carboxylic acids is 2. The number of amides is 2. The molecule has 2 amide bonds. The normalized spacial score (nSPS) is 28.6. The van der Waals surface area contributed by atoms with Gasteiger partial charge in [-0.1, -0.05) is 0 Å². The molecule has 18 heavy (non-hydrogen) atoms. The number of carbonyl (C=O) groups is 2. The summed E-state index contributed by atoms with van der Waals surface area (Å²) in [6.07, 6.45) is 0.0734. The molecule has 0 bridgehead atoms. The van der Waals surface area contributed by atoms with Crippen molar-refractivity contribution >= 4 is 12.0 Å². The maximum Gasteiger partial charge on any atom is 0.407 e. The van der Waals surface area contributed by atoms with Crippen LogP contribution in [0.25, 0.3) is 0 Å². The molecule has 0 aromatic heterocycles. The number of nitrogens with one attached hydrogen (secondary N) is 1. The van der Waals surface area contributed by atoms with Gasteiger partial charge < -0.3 is 20.9 Å². The van der Waals surface area contributed by atoms with Crippen molar-refractivity contribution in [3.8, 4) is 0 Å². The third-order valence-corrected chi connectivity index (χ3v) is 2.92. The van der Waals surface area contributed by atoms with Crippen LogP contribution in [0.4, 0.5) is 4.79 Å². The molecule has 6 heteroatoms. The maximum atomic E-state index is 11.6. The molecule has 0 radical (unpaired) electrons. The number of rotatable bonds is 2. The van der Waals surface area contributed by atoms with Crippen molar-refractivity contribution in [2.24, 2.45) is 11.7 Å². The summed E-state index contributed by atoms with van der Waals surface area (Å²) in [5, 5.41) is 12.5. The third-order valence-electron chi connectivity index (χ3n) is 2.92. The van der Waals surface area contributed by atoms with Gasteiger partial charge in [-0.25, -0.2) is 4.79 Å². The monoisotopic (exact) mass is 258 g/mol. The number of aliphatic hydroxyl groups excluding tert-OH is 1. The highest BCUT2D eigenvalue weighted by atomic mass is 16.6. The predicted octanol–water partition coefficient (Wildman–Crippen LogP) is 0.526. The Morgan fingerprint density at radius 3 is 2.39 bits per heavy atom. The molecule has 0 aliphatic heterocycles. The van der Waals surface area contributed by atoms with Crippen molar-refractivity contribution in [3.05, 3.63) is 0 Å². The fourth-order valence-electron chi connectivity index (χ4n) is 2.03. The third kappa shape index (κ3) is 4.52. The molecular weight excluding hydrogens is 236 g/mol. The Labute approximate surface area is 107 Å². The number of hydrogen-bond acceptors (Lipinski definition) is 4. The maximum absolute atomic E-state index is 11.6. The van der Waals surface area contributed by atoms with Crippen LogP contribution in [0.15, 0.2) is 0 Å². The minimum Gasteiger partial charge on any atom is -0.444 e. The van der Waals surface area contributed by atoms with Gasteiger partial charge in [0, 0.05) is 5.92 Å². The molecule has 1 saturated carbocycles. The van der Waals surface area contributed by atoms with Gasteiger partial charge >= 0.3 is 6.09 Å². The summed E-state index contributed by atoms with van der Waals surface area (Å²) in [4.78, 5) is 22.6. The lowest BCUT2D eigenvalue weighted by atomic mass is 9.83. The summed E-state index contributed by atoms with van der Waals surface area (Å²) < 4.78 is 5.11. The molecule has 0 heterocycles. The van der Waals surface area contributed by atoms with Crippen LogP contribution in [0.3, 0.4) is 0 Å². The summed E-state index contributed by atoms with van der Waals surface area (Å²) in [7, 11) is 0. The zero-order valence-electron chi connectivity index (χ0n) is 11.1. The van der Waals surface area contributed by atoms with Crippen LogP contribution in [0, 0.1) is 5.92 Å². The highest BCUT2D eigenvalue weighted by Crippen LogP contribution is 2.24. The van der Waals surface area contributed by atoms with Gasteiger partial charge in [-0.2, -0.15) is 0 Å². The molecule has 0 aromatic carbocycles. The second-order valence-electron chi connectivity index (χ2n) is 5.73. The number of hydrogen-bond donors (Lipinski definition) is 3. The van der Waals surface area contributed by atoms with Crippen LogP contribution < -0.4 is 11.1 Å². The van der Waals surface area contributed by atoms with Crippen molar-refractivity contribution in [2.45, 2.75) is 57.8 Å². The van der Waals surface area contributed by atoms with Crippen LogP contribution in [0.2, 0.25) is 0 Å². The highest BCUT2D eigenvalue weighted by Gasteiger charge is 2.33. The summed E-state index contributed by atoms with van der Waals surface area (Å²) in [6.45, 7) is 5.31.